The van der Waals surface area contributed by atoms with Crippen molar-refractivity contribution in [3.8, 4) is 5.75 Å². The van der Waals surface area contributed by atoms with Crippen molar-refractivity contribution in [1.29, 1.82) is 0 Å². The highest BCUT2D eigenvalue weighted by atomic mass is 32.2. The number of esters is 1. The SMILES string of the molecule is CSCCC(C(=O)Oc1ccc(F)cc1)N1C(=O)c2ccccc2C1=O. The van der Waals surface area contributed by atoms with Crippen LogP contribution in [0.3, 0.4) is 0 Å². The van der Waals surface area contributed by atoms with Crippen molar-refractivity contribution in [1.82, 2.24) is 4.90 Å². The number of imide groups is 1. The van der Waals surface area contributed by atoms with E-state index in [1.807, 2.05) is 6.26 Å². The molecule has 7 heteroatoms. The Morgan fingerprint density at radius 3 is 2.19 bits per heavy atom. The van der Waals surface area contributed by atoms with E-state index in [1.54, 1.807) is 24.3 Å². The molecule has 0 radical (unpaired) electrons. The number of amides is 2. The molecule has 0 saturated heterocycles. The number of nitrogens with zero attached hydrogens (tertiary/aromatic N) is 1. The van der Waals surface area contributed by atoms with Gasteiger partial charge in [0.15, 0.2) is 0 Å². The molecule has 0 aromatic heterocycles. The van der Waals surface area contributed by atoms with Crippen LogP contribution in [0, 0.1) is 5.82 Å². The summed E-state index contributed by atoms with van der Waals surface area (Å²) in [5, 5.41) is 0. The van der Waals surface area contributed by atoms with Crippen LogP contribution in [0.5, 0.6) is 5.75 Å². The van der Waals surface area contributed by atoms with Gasteiger partial charge in [-0.15, -0.1) is 0 Å². The number of ether oxygens (including phenoxy) is 1. The fourth-order valence-electron chi connectivity index (χ4n) is 2.76. The van der Waals surface area contributed by atoms with Crippen molar-refractivity contribution in [2.45, 2.75) is 12.5 Å². The van der Waals surface area contributed by atoms with Gasteiger partial charge in [-0.2, -0.15) is 11.8 Å². The van der Waals surface area contributed by atoms with Crippen LogP contribution >= 0.6 is 11.8 Å². The van der Waals surface area contributed by atoms with Crippen molar-refractivity contribution in [2.24, 2.45) is 0 Å². The van der Waals surface area contributed by atoms with Gasteiger partial charge in [0.2, 0.25) is 0 Å². The Morgan fingerprint density at radius 1 is 1.08 bits per heavy atom. The third kappa shape index (κ3) is 3.48. The Hall–Kier alpha value is -2.67. The Kier molecular flexibility index (Phi) is 5.37. The Morgan fingerprint density at radius 2 is 1.65 bits per heavy atom. The minimum absolute atomic E-state index is 0.155. The molecule has 1 aliphatic rings. The Balaban J connectivity index is 1.86. The van der Waals surface area contributed by atoms with Gasteiger partial charge in [-0.1, -0.05) is 12.1 Å². The first-order valence-corrected chi connectivity index (χ1v) is 9.35. The number of halogens is 1. The van der Waals surface area contributed by atoms with E-state index in [1.165, 1.54) is 36.0 Å². The summed E-state index contributed by atoms with van der Waals surface area (Å²) < 4.78 is 18.3. The average molecular weight is 373 g/mol. The third-order valence-corrected chi connectivity index (χ3v) is 4.68. The zero-order valence-corrected chi connectivity index (χ0v) is 14.8. The van der Waals surface area contributed by atoms with Gasteiger partial charge in [-0.3, -0.25) is 14.5 Å². The summed E-state index contributed by atoms with van der Waals surface area (Å²) >= 11 is 1.49. The average Bonchev–Trinajstić information content (AvgIpc) is 2.89. The zero-order chi connectivity index (χ0) is 18.7. The standard InChI is InChI=1S/C19H16FNO4S/c1-26-11-10-16(19(24)25-13-8-6-12(20)7-9-13)21-17(22)14-4-2-3-5-15(14)18(21)23/h2-9,16H,10-11H2,1H3. The summed E-state index contributed by atoms with van der Waals surface area (Å²) in [7, 11) is 0. The third-order valence-electron chi connectivity index (χ3n) is 4.04. The molecule has 2 amide bonds. The maximum Gasteiger partial charge on any atom is 0.334 e. The van der Waals surface area contributed by atoms with Crippen LogP contribution in [0.2, 0.25) is 0 Å². The molecular weight excluding hydrogens is 357 g/mol. The van der Waals surface area contributed by atoms with Crippen molar-refractivity contribution < 1.29 is 23.5 Å². The lowest BCUT2D eigenvalue weighted by Crippen LogP contribution is -2.47. The molecule has 1 unspecified atom stereocenters. The second-order valence-corrected chi connectivity index (χ2v) is 6.68. The van der Waals surface area contributed by atoms with Crippen LogP contribution in [0.25, 0.3) is 0 Å². The zero-order valence-electron chi connectivity index (χ0n) is 14.0. The summed E-state index contributed by atoms with van der Waals surface area (Å²) in [5.74, 6) is -1.47. The molecular formula is C19H16FNO4S. The van der Waals surface area contributed by atoms with E-state index in [9.17, 15) is 18.8 Å². The van der Waals surface area contributed by atoms with E-state index in [-0.39, 0.29) is 23.3 Å². The fraction of sp³-hybridized carbons (Fsp3) is 0.211. The van der Waals surface area contributed by atoms with Gasteiger partial charge < -0.3 is 4.74 Å². The van der Waals surface area contributed by atoms with Crippen molar-refractivity contribution in [3.63, 3.8) is 0 Å². The second kappa shape index (κ2) is 7.70. The lowest BCUT2D eigenvalue weighted by Gasteiger charge is -2.24. The Bertz CT molecular complexity index is 818. The lowest BCUT2D eigenvalue weighted by atomic mass is 10.1. The van der Waals surface area contributed by atoms with Crippen molar-refractivity contribution in [2.75, 3.05) is 12.0 Å². The molecule has 1 atom stereocenters. The molecule has 26 heavy (non-hydrogen) atoms. The van der Waals surface area contributed by atoms with Gasteiger partial charge in [-0.05, 0) is 54.8 Å². The minimum Gasteiger partial charge on any atom is -0.425 e. The number of hydrogen-bond donors (Lipinski definition) is 0. The number of carbonyl (C=O) groups excluding carboxylic acids is 3. The number of thioether (sulfide) groups is 1. The van der Waals surface area contributed by atoms with Crippen LogP contribution < -0.4 is 4.74 Å². The highest BCUT2D eigenvalue weighted by molar-refractivity contribution is 7.98. The summed E-state index contributed by atoms with van der Waals surface area (Å²) in [6.45, 7) is 0. The first-order valence-electron chi connectivity index (χ1n) is 7.96. The first kappa shape index (κ1) is 18.1. The molecule has 0 fully saturated rings. The van der Waals surface area contributed by atoms with Crippen LogP contribution in [-0.2, 0) is 4.79 Å². The first-order chi connectivity index (χ1) is 12.5. The van der Waals surface area contributed by atoms with E-state index < -0.39 is 29.6 Å². The Labute approximate surface area is 154 Å². The molecule has 1 heterocycles. The number of fused-ring (bicyclic) bond motifs is 1. The van der Waals surface area contributed by atoms with Gasteiger partial charge in [-0.25, -0.2) is 9.18 Å². The molecule has 3 rings (SSSR count). The van der Waals surface area contributed by atoms with E-state index in [2.05, 4.69) is 0 Å². The smallest absolute Gasteiger partial charge is 0.334 e. The lowest BCUT2D eigenvalue weighted by molar-refractivity contribution is -0.138. The van der Waals surface area contributed by atoms with Gasteiger partial charge in [0, 0.05) is 0 Å². The van der Waals surface area contributed by atoms with Gasteiger partial charge in [0.25, 0.3) is 11.8 Å². The summed E-state index contributed by atoms with van der Waals surface area (Å²) in [6, 6.07) is 10.4. The molecule has 1 aliphatic heterocycles. The maximum absolute atomic E-state index is 13.0. The van der Waals surface area contributed by atoms with Crippen LogP contribution in [0.15, 0.2) is 48.5 Å². The molecule has 2 aromatic carbocycles. The highest BCUT2D eigenvalue weighted by Crippen LogP contribution is 2.27. The van der Waals surface area contributed by atoms with E-state index in [0.717, 1.165) is 4.90 Å². The molecule has 0 N–H and O–H groups in total. The van der Waals surface area contributed by atoms with Crippen molar-refractivity contribution in [3.05, 3.63) is 65.5 Å². The van der Waals surface area contributed by atoms with Crippen molar-refractivity contribution >= 4 is 29.5 Å². The summed E-state index contributed by atoms with van der Waals surface area (Å²) in [6.07, 6.45) is 2.14. The topological polar surface area (TPSA) is 63.7 Å². The predicted molar refractivity (Wildman–Crippen MR) is 95.8 cm³/mol. The molecule has 0 bridgehead atoms. The number of hydrogen-bond acceptors (Lipinski definition) is 5. The van der Waals surface area contributed by atoms with Gasteiger partial charge in [0.1, 0.15) is 17.6 Å². The monoisotopic (exact) mass is 373 g/mol. The highest BCUT2D eigenvalue weighted by Gasteiger charge is 2.43. The van der Waals surface area contributed by atoms with Crippen LogP contribution in [0.4, 0.5) is 4.39 Å². The van der Waals surface area contributed by atoms with Gasteiger partial charge >= 0.3 is 5.97 Å². The maximum atomic E-state index is 13.0. The number of benzene rings is 2. The molecule has 0 spiro atoms. The fourth-order valence-corrected chi connectivity index (χ4v) is 3.22. The van der Waals surface area contributed by atoms with E-state index >= 15 is 0 Å². The summed E-state index contributed by atoms with van der Waals surface area (Å²) in [4.78, 5) is 38.9. The predicted octanol–water partition coefficient (Wildman–Crippen LogP) is 3.15. The largest absolute Gasteiger partial charge is 0.425 e. The number of carbonyl (C=O) groups is 3. The van der Waals surface area contributed by atoms with E-state index in [0.29, 0.717) is 5.75 Å². The quantitative estimate of drug-likeness (QED) is 0.442. The summed E-state index contributed by atoms with van der Waals surface area (Å²) in [5.41, 5.74) is 0.558. The molecule has 0 aliphatic carbocycles. The molecule has 5 nitrogen and oxygen atoms in total. The minimum atomic E-state index is -1.04. The van der Waals surface area contributed by atoms with E-state index in [4.69, 9.17) is 4.74 Å². The second-order valence-electron chi connectivity index (χ2n) is 5.70. The molecule has 2 aromatic rings. The molecule has 0 saturated carbocycles. The normalized spacial score (nSPS) is 14.3. The number of rotatable bonds is 6. The van der Waals surface area contributed by atoms with Crippen LogP contribution in [-0.4, -0.2) is 40.7 Å². The van der Waals surface area contributed by atoms with Crippen LogP contribution in [0.1, 0.15) is 27.1 Å². The van der Waals surface area contributed by atoms with Gasteiger partial charge in [0.05, 0.1) is 11.1 Å². The molecule has 134 valence electrons.